The molecule has 0 bridgehead atoms. The molecule has 2 amide bonds. The summed E-state index contributed by atoms with van der Waals surface area (Å²) in [6, 6.07) is 9.60. The van der Waals surface area contributed by atoms with Gasteiger partial charge in [0.25, 0.3) is 5.91 Å². The monoisotopic (exact) mass is 362 g/mol. The Labute approximate surface area is 150 Å². The third-order valence-corrected chi connectivity index (χ3v) is 5.61. The van der Waals surface area contributed by atoms with E-state index in [9.17, 15) is 9.59 Å². The molecule has 0 aliphatic heterocycles. The fourth-order valence-corrected chi connectivity index (χ4v) is 4.05. The van der Waals surface area contributed by atoms with E-state index in [1.165, 1.54) is 23.8 Å². The summed E-state index contributed by atoms with van der Waals surface area (Å²) in [7, 11) is 1.75. The highest BCUT2D eigenvalue weighted by Crippen LogP contribution is 2.33. The Morgan fingerprint density at radius 2 is 2.12 bits per heavy atom. The van der Waals surface area contributed by atoms with Crippen LogP contribution in [0.5, 0.6) is 0 Å². The third-order valence-electron chi connectivity index (χ3n) is 4.30. The number of rotatable bonds is 4. The van der Waals surface area contributed by atoms with Gasteiger partial charge in [0.1, 0.15) is 0 Å². The molecule has 0 saturated heterocycles. The van der Waals surface area contributed by atoms with Gasteiger partial charge in [-0.15, -0.1) is 11.3 Å². The Hall–Kier alpha value is -1.85. The maximum absolute atomic E-state index is 12.5. The number of carbonyl (C=O) groups is 2. The van der Waals surface area contributed by atoms with Crippen LogP contribution in [0.4, 0.5) is 0 Å². The molecule has 4 nitrogen and oxygen atoms in total. The molecule has 0 spiro atoms. The van der Waals surface area contributed by atoms with E-state index in [1.807, 2.05) is 30.3 Å². The van der Waals surface area contributed by atoms with E-state index in [-0.39, 0.29) is 17.9 Å². The molecule has 1 aromatic heterocycles. The van der Waals surface area contributed by atoms with Crippen molar-refractivity contribution in [3.05, 3.63) is 56.2 Å². The molecule has 0 saturated carbocycles. The Kier molecular flexibility index (Phi) is 4.92. The van der Waals surface area contributed by atoms with E-state index in [0.717, 1.165) is 28.3 Å². The van der Waals surface area contributed by atoms with Gasteiger partial charge in [0.2, 0.25) is 5.91 Å². The van der Waals surface area contributed by atoms with Crippen LogP contribution in [-0.2, 0) is 17.8 Å². The Balaban J connectivity index is 1.67. The van der Waals surface area contributed by atoms with E-state index in [4.69, 9.17) is 11.6 Å². The first-order valence-corrected chi connectivity index (χ1v) is 9.03. The molecule has 0 radical (unpaired) electrons. The average Bonchev–Trinajstić information content (AvgIpc) is 3.14. The number of amides is 2. The highest BCUT2D eigenvalue weighted by atomic mass is 35.5. The molecule has 1 N–H and O–H groups in total. The standard InChI is InChI=1S/C18H19ClN2O2S/c1-11(22)21(2)10-14-5-8-17(24-14)18(23)20-16-7-3-12-9-13(19)4-6-15(12)16/h4-6,8-9,16H,3,7,10H2,1-2H3,(H,20,23)/t16-/m1/s1. The highest BCUT2D eigenvalue weighted by molar-refractivity contribution is 7.14. The van der Waals surface area contributed by atoms with Gasteiger partial charge >= 0.3 is 0 Å². The normalized spacial score (nSPS) is 15.9. The average molecular weight is 363 g/mol. The van der Waals surface area contributed by atoms with Gasteiger partial charge in [0.05, 0.1) is 17.5 Å². The largest absolute Gasteiger partial charge is 0.345 e. The smallest absolute Gasteiger partial charge is 0.261 e. The number of nitrogens with zero attached hydrogens (tertiary/aromatic N) is 1. The molecule has 0 fully saturated rings. The Morgan fingerprint density at radius 1 is 1.33 bits per heavy atom. The number of benzene rings is 1. The van der Waals surface area contributed by atoms with Gasteiger partial charge in [0, 0.05) is 23.9 Å². The van der Waals surface area contributed by atoms with Gasteiger partial charge in [-0.05, 0) is 48.2 Å². The highest BCUT2D eigenvalue weighted by Gasteiger charge is 2.25. The van der Waals surface area contributed by atoms with Crippen molar-refractivity contribution in [2.75, 3.05) is 7.05 Å². The summed E-state index contributed by atoms with van der Waals surface area (Å²) in [5.74, 6) is -0.0554. The lowest BCUT2D eigenvalue weighted by molar-refractivity contribution is -0.128. The summed E-state index contributed by atoms with van der Waals surface area (Å²) >= 11 is 7.45. The third kappa shape index (κ3) is 3.62. The summed E-state index contributed by atoms with van der Waals surface area (Å²) in [6.07, 6.45) is 1.83. The summed E-state index contributed by atoms with van der Waals surface area (Å²) in [5.41, 5.74) is 2.36. The molecule has 1 aromatic carbocycles. The summed E-state index contributed by atoms with van der Waals surface area (Å²) in [6.45, 7) is 2.06. The van der Waals surface area contributed by atoms with Crippen molar-refractivity contribution in [1.29, 1.82) is 0 Å². The molecule has 1 aliphatic carbocycles. The zero-order valence-electron chi connectivity index (χ0n) is 13.6. The minimum atomic E-state index is -0.0653. The number of thiophene rings is 1. The van der Waals surface area contributed by atoms with Crippen molar-refractivity contribution in [1.82, 2.24) is 10.2 Å². The molecule has 1 aliphatic rings. The Bertz CT molecular complexity index is 787. The molecule has 24 heavy (non-hydrogen) atoms. The molecule has 0 unspecified atom stereocenters. The summed E-state index contributed by atoms with van der Waals surface area (Å²) in [5, 5.41) is 3.84. The molecule has 3 rings (SSSR count). The predicted octanol–water partition coefficient (Wildman–Crippen LogP) is 3.80. The first kappa shape index (κ1) is 17.0. The Morgan fingerprint density at radius 3 is 2.88 bits per heavy atom. The quantitative estimate of drug-likeness (QED) is 0.899. The lowest BCUT2D eigenvalue weighted by Gasteiger charge is -2.14. The number of aryl methyl sites for hydroxylation is 1. The van der Waals surface area contributed by atoms with E-state index in [1.54, 1.807) is 11.9 Å². The van der Waals surface area contributed by atoms with Crippen molar-refractivity contribution in [3.8, 4) is 0 Å². The molecular weight excluding hydrogens is 344 g/mol. The maximum atomic E-state index is 12.5. The van der Waals surface area contributed by atoms with Crippen molar-refractivity contribution in [3.63, 3.8) is 0 Å². The SMILES string of the molecule is CC(=O)N(C)Cc1ccc(C(=O)N[C@@H]2CCc3cc(Cl)ccc32)s1. The van der Waals surface area contributed by atoms with Crippen molar-refractivity contribution in [2.24, 2.45) is 0 Å². The fourth-order valence-electron chi connectivity index (χ4n) is 2.90. The lowest BCUT2D eigenvalue weighted by Crippen LogP contribution is -2.26. The van der Waals surface area contributed by atoms with Gasteiger partial charge in [-0.3, -0.25) is 9.59 Å². The van der Waals surface area contributed by atoms with Crippen molar-refractivity contribution < 1.29 is 9.59 Å². The number of halogens is 1. The molecular formula is C18H19ClN2O2S. The molecule has 6 heteroatoms. The number of hydrogen-bond donors (Lipinski definition) is 1. The van der Waals surface area contributed by atoms with Gasteiger partial charge in [0.15, 0.2) is 0 Å². The minimum absolute atomic E-state index is 0.00984. The molecule has 2 aromatic rings. The van der Waals surface area contributed by atoms with Gasteiger partial charge in [-0.25, -0.2) is 0 Å². The maximum Gasteiger partial charge on any atom is 0.261 e. The summed E-state index contributed by atoms with van der Waals surface area (Å²) in [4.78, 5) is 27.1. The van der Waals surface area contributed by atoms with E-state index >= 15 is 0 Å². The van der Waals surface area contributed by atoms with Crippen LogP contribution in [0.3, 0.4) is 0 Å². The molecule has 1 heterocycles. The van der Waals surface area contributed by atoms with Crippen LogP contribution in [0.2, 0.25) is 5.02 Å². The van der Waals surface area contributed by atoms with Crippen LogP contribution in [0, 0.1) is 0 Å². The minimum Gasteiger partial charge on any atom is -0.345 e. The van der Waals surface area contributed by atoms with Crippen LogP contribution >= 0.6 is 22.9 Å². The first-order valence-electron chi connectivity index (χ1n) is 7.83. The van der Waals surface area contributed by atoms with Gasteiger partial charge in [-0.2, -0.15) is 0 Å². The second-order valence-electron chi connectivity index (χ2n) is 6.05. The second-order valence-corrected chi connectivity index (χ2v) is 7.65. The first-order chi connectivity index (χ1) is 11.4. The van der Waals surface area contributed by atoms with Gasteiger partial charge in [-0.1, -0.05) is 17.7 Å². The number of hydrogen-bond acceptors (Lipinski definition) is 3. The lowest BCUT2D eigenvalue weighted by atomic mass is 10.1. The predicted molar refractivity (Wildman–Crippen MR) is 96.4 cm³/mol. The summed E-state index contributed by atoms with van der Waals surface area (Å²) < 4.78 is 0. The van der Waals surface area contributed by atoms with Crippen LogP contribution in [-0.4, -0.2) is 23.8 Å². The van der Waals surface area contributed by atoms with Crippen LogP contribution in [0.15, 0.2) is 30.3 Å². The second kappa shape index (κ2) is 6.95. The van der Waals surface area contributed by atoms with E-state index in [2.05, 4.69) is 5.32 Å². The van der Waals surface area contributed by atoms with E-state index in [0.29, 0.717) is 11.4 Å². The zero-order valence-corrected chi connectivity index (χ0v) is 15.2. The zero-order chi connectivity index (χ0) is 17.3. The van der Waals surface area contributed by atoms with E-state index < -0.39 is 0 Å². The topological polar surface area (TPSA) is 49.4 Å². The number of nitrogens with one attached hydrogen (secondary N) is 1. The van der Waals surface area contributed by atoms with Crippen LogP contribution in [0.25, 0.3) is 0 Å². The van der Waals surface area contributed by atoms with Crippen LogP contribution < -0.4 is 5.32 Å². The number of carbonyl (C=O) groups excluding carboxylic acids is 2. The van der Waals surface area contributed by atoms with Crippen molar-refractivity contribution in [2.45, 2.75) is 32.4 Å². The van der Waals surface area contributed by atoms with Crippen molar-refractivity contribution >= 4 is 34.8 Å². The number of fused-ring (bicyclic) bond motifs is 1. The van der Waals surface area contributed by atoms with Crippen LogP contribution in [0.1, 0.15) is 45.1 Å². The van der Waals surface area contributed by atoms with Gasteiger partial charge < -0.3 is 10.2 Å². The molecule has 126 valence electrons. The fraction of sp³-hybridized carbons (Fsp3) is 0.333. The molecule has 1 atom stereocenters.